The summed E-state index contributed by atoms with van der Waals surface area (Å²) in [5.41, 5.74) is 6.30. The van der Waals surface area contributed by atoms with Crippen LogP contribution in [0.2, 0.25) is 0 Å². The molecule has 0 bridgehead atoms. The Morgan fingerprint density at radius 2 is 1.89 bits per heavy atom. The number of rotatable bonds is 4. The minimum atomic E-state index is -0.903. The fourth-order valence-corrected chi connectivity index (χ4v) is 1.44. The summed E-state index contributed by atoms with van der Waals surface area (Å²) in [6.07, 6.45) is 0. The van der Waals surface area contributed by atoms with E-state index in [1.807, 2.05) is 0 Å². The van der Waals surface area contributed by atoms with Gasteiger partial charge in [-0.15, -0.1) is 10.2 Å². The summed E-state index contributed by atoms with van der Waals surface area (Å²) in [5.74, 6) is -1.20. The van der Waals surface area contributed by atoms with E-state index in [1.54, 1.807) is 12.1 Å². The van der Waals surface area contributed by atoms with E-state index < -0.39 is 11.6 Å². The third kappa shape index (κ3) is 2.78. The lowest BCUT2D eigenvalue weighted by molar-refractivity contribution is 0.509. The van der Waals surface area contributed by atoms with Crippen LogP contribution in [0.25, 0.3) is 11.3 Å². The minimum Gasteiger partial charge on any atom is -0.367 e. The molecule has 0 aliphatic rings. The van der Waals surface area contributed by atoms with Gasteiger partial charge in [0.2, 0.25) is 0 Å². The Morgan fingerprint density at radius 3 is 2.50 bits per heavy atom. The molecule has 0 saturated heterocycles. The van der Waals surface area contributed by atoms with Gasteiger partial charge in [-0.25, -0.2) is 8.78 Å². The number of anilines is 1. The fourth-order valence-electron chi connectivity index (χ4n) is 1.44. The van der Waals surface area contributed by atoms with E-state index in [0.29, 0.717) is 30.2 Å². The lowest BCUT2D eigenvalue weighted by Gasteiger charge is -2.04. The standard InChI is InChI=1S/C12H12F2N4/c13-9-2-1-8(7-10(9)14)11-3-4-12(18-17-11)16-6-5-15/h1-4,7H,5-6,15H2,(H,16,18). The van der Waals surface area contributed by atoms with Crippen LogP contribution in [-0.2, 0) is 0 Å². The van der Waals surface area contributed by atoms with Crippen LogP contribution in [0.3, 0.4) is 0 Å². The molecule has 18 heavy (non-hydrogen) atoms. The predicted molar refractivity (Wildman–Crippen MR) is 64.9 cm³/mol. The Balaban J connectivity index is 2.20. The highest BCUT2D eigenvalue weighted by molar-refractivity contribution is 5.59. The lowest BCUT2D eigenvalue weighted by Crippen LogP contribution is -2.14. The van der Waals surface area contributed by atoms with Crippen molar-refractivity contribution < 1.29 is 8.78 Å². The number of hydrogen-bond acceptors (Lipinski definition) is 4. The topological polar surface area (TPSA) is 63.8 Å². The molecule has 2 aromatic rings. The van der Waals surface area contributed by atoms with Gasteiger partial charge in [-0.1, -0.05) is 0 Å². The molecule has 1 heterocycles. The van der Waals surface area contributed by atoms with Crippen molar-refractivity contribution >= 4 is 5.82 Å². The van der Waals surface area contributed by atoms with Gasteiger partial charge in [0.25, 0.3) is 0 Å². The van der Waals surface area contributed by atoms with Crippen molar-refractivity contribution in [1.82, 2.24) is 10.2 Å². The summed E-state index contributed by atoms with van der Waals surface area (Å²) in [4.78, 5) is 0. The highest BCUT2D eigenvalue weighted by Gasteiger charge is 2.06. The molecule has 1 aromatic heterocycles. The van der Waals surface area contributed by atoms with E-state index in [9.17, 15) is 8.78 Å². The number of nitrogens with zero attached hydrogens (tertiary/aromatic N) is 2. The van der Waals surface area contributed by atoms with Gasteiger partial charge in [-0.3, -0.25) is 0 Å². The second-order valence-corrected chi connectivity index (χ2v) is 3.65. The molecule has 1 aromatic carbocycles. The maximum Gasteiger partial charge on any atom is 0.159 e. The summed E-state index contributed by atoms with van der Waals surface area (Å²) in [5, 5.41) is 10.8. The van der Waals surface area contributed by atoms with Gasteiger partial charge in [-0.05, 0) is 30.3 Å². The number of nitrogens with two attached hydrogens (primary N) is 1. The summed E-state index contributed by atoms with van der Waals surface area (Å²) in [6, 6.07) is 6.99. The molecule has 0 atom stereocenters. The average molecular weight is 250 g/mol. The van der Waals surface area contributed by atoms with Crippen molar-refractivity contribution in [3.05, 3.63) is 42.0 Å². The molecule has 0 saturated carbocycles. The van der Waals surface area contributed by atoms with Gasteiger partial charge in [0.1, 0.15) is 5.82 Å². The number of hydrogen-bond donors (Lipinski definition) is 2. The van der Waals surface area contributed by atoms with Crippen LogP contribution >= 0.6 is 0 Å². The highest BCUT2D eigenvalue weighted by atomic mass is 19.2. The zero-order valence-electron chi connectivity index (χ0n) is 9.53. The van der Waals surface area contributed by atoms with Crippen molar-refractivity contribution in [1.29, 1.82) is 0 Å². The second kappa shape index (κ2) is 5.50. The van der Waals surface area contributed by atoms with Crippen LogP contribution in [0.1, 0.15) is 0 Å². The molecule has 6 heteroatoms. The molecular weight excluding hydrogens is 238 g/mol. The van der Waals surface area contributed by atoms with E-state index in [0.717, 1.165) is 12.1 Å². The van der Waals surface area contributed by atoms with Crippen LogP contribution in [0, 0.1) is 11.6 Å². The van der Waals surface area contributed by atoms with E-state index >= 15 is 0 Å². The van der Waals surface area contributed by atoms with Gasteiger partial charge in [0.15, 0.2) is 11.6 Å². The normalized spacial score (nSPS) is 10.4. The summed E-state index contributed by atoms with van der Waals surface area (Å²) in [7, 11) is 0. The molecule has 0 spiro atoms. The fraction of sp³-hybridized carbons (Fsp3) is 0.167. The molecule has 4 nitrogen and oxygen atoms in total. The van der Waals surface area contributed by atoms with Gasteiger partial charge >= 0.3 is 0 Å². The van der Waals surface area contributed by atoms with Crippen LogP contribution in [-0.4, -0.2) is 23.3 Å². The molecule has 0 unspecified atom stereocenters. The molecular formula is C12H12F2N4. The first kappa shape index (κ1) is 12.4. The monoisotopic (exact) mass is 250 g/mol. The van der Waals surface area contributed by atoms with Crippen LogP contribution in [0.5, 0.6) is 0 Å². The Labute approximate surface area is 103 Å². The Morgan fingerprint density at radius 1 is 1.06 bits per heavy atom. The minimum absolute atomic E-state index is 0.478. The Kier molecular flexibility index (Phi) is 3.78. The van der Waals surface area contributed by atoms with Crippen molar-refractivity contribution in [3.63, 3.8) is 0 Å². The van der Waals surface area contributed by atoms with Gasteiger partial charge in [0.05, 0.1) is 5.69 Å². The second-order valence-electron chi connectivity index (χ2n) is 3.65. The van der Waals surface area contributed by atoms with E-state index in [-0.39, 0.29) is 0 Å². The van der Waals surface area contributed by atoms with Gasteiger partial charge < -0.3 is 11.1 Å². The summed E-state index contributed by atoms with van der Waals surface area (Å²) in [6.45, 7) is 1.09. The van der Waals surface area contributed by atoms with Crippen molar-refractivity contribution in [2.75, 3.05) is 18.4 Å². The molecule has 0 radical (unpaired) electrons. The molecule has 0 amide bonds. The van der Waals surface area contributed by atoms with Crippen molar-refractivity contribution in [2.45, 2.75) is 0 Å². The van der Waals surface area contributed by atoms with Gasteiger partial charge in [0, 0.05) is 18.7 Å². The smallest absolute Gasteiger partial charge is 0.159 e. The largest absolute Gasteiger partial charge is 0.367 e. The number of halogens is 2. The van der Waals surface area contributed by atoms with Crippen molar-refractivity contribution in [2.24, 2.45) is 5.73 Å². The Bertz CT molecular complexity index is 528. The lowest BCUT2D eigenvalue weighted by atomic mass is 10.1. The molecule has 94 valence electrons. The third-order valence-corrected chi connectivity index (χ3v) is 2.33. The SMILES string of the molecule is NCCNc1ccc(-c2ccc(F)c(F)c2)nn1. The maximum atomic E-state index is 13.1. The number of aromatic nitrogens is 2. The van der Waals surface area contributed by atoms with Crippen molar-refractivity contribution in [3.8, 4) is 11.3 Å². The van der Waals surface area contributed by atoms with Gasteiger partial charge in [-0.2, -0.15) is 0 Å². The third-order valence-electron chi connectivity index (χ3n) is 2.33. The first-order valence-electron chi connectivity index (χ1n) is 5.44. The summed E-state index contributed by atoms with van der Waals surface area (Å²) >= 11 is 0. The first-order valence-corrected chi connectivity index (χ1v) is 5.44. The highest BCUT2D eigenvalue weighted by Crippen LogP contribution is 2.19. The predicted octanol–water partition coefficient (Wildman–Crippen LogP) is 1.79. The van der Waals surface area contributed by atoms with Crippen LogP contribution in [0.4, 0.5) is 14.6 Å². The molecule has 2 rings (SSSR count). The Hall–Kier alpha value is -2.08. The van der Waals surface area contributed by atoms with E-state index in [1.165, 1.54) is 6.07 Å². The maximum absolute atomic E-state index is 13.1. The molecule has 0 aliphatic carbocycles. The van der Waals surface area contributed by atoms with E-state index in [2.05, 4.69) is 15.5 Å². The van der Waals surface area contributed by atoms with Crippen LogP contribution < -0.4 is 11.1 Å². The number of benzene rings is 1. The zero-order chi connectivity index (χ0) is 13.0. The van der Waals surface area contributed by atoms with Crippen LogP contribution in [0.15, 0.2) is 30.3 Å². The summed E-state index contributed by atoms with van der Waals surface area (Å²) < 4.78 is 25.8. The number of nitrogens with one attached hydrogen (secondary N) is 1. The molecule has 0 fully saturated rings. The first-order chi connectivity index (χ1) is 8.70. The average Bonchev–Trinajstić information content (AvgIpc) is 2.40. The van der Waals surface area contributed by atoms with E-state index in [4.69, 9.17) is 5.73 Å². The molecule has 3 N–H and O–H groups in total. The molecule has 0 aliphatic heterocycles. The zero-order valence-corrected chi connectivity index (χ0v) is 9.53. The quantitative estimate of drug-likeness (QED) is 0.868.